The Morgan fingerprint density at radius 2 is 1.90 bits per heavy atom. The first-order chi connectivity index (χ1) is 10.1. The molecule has 21 heavy (non-hydrogen) atoms. The molecular formula is C17H18N2O2. The molecule has 0 bridgehead atoms. The maximum atomic E-state index is 12.6. The number of methoxy groups -OCH3 is 1. The molecule has 1 aliphatic carbocycles. The summed E-state index contributed by atoms with van der Waals surface area (Å²) in [4.78, 5) is 16.7. The van der Waals surface area contributed by atoms with Crippen molar-refractivity contribution in [3.63, 3.8) is 0 Å². The minimum absolute atomic E-state index is 0.0401. The zero-order chi connectivity index (χ0) is 14.9. The van der Waals surface area contributed by atoms with E-state index in [1.165, 1.54) is 5.56 Å². The number of aromatic nitrogens is 1. The summed E-state index contributed by atoms with van der Waals surface area (Å²) >= 11 is 0. The molecule has 3 rings (SSSR count). The zero-order valence-electron chi connectivity index (χ0n) is 12.2. The molecule has 1 fully saturated rings. The quantitative estimate of drug-likeness (QED) is 0.937. The van der Waals surface area contributed by atoms with Crippen molar-refractivity contribution in [1.29, 1.82) is 0 Å². The molecule has 1 heterocycles. The van der Waals surface area contributed by atoms with Gasteiger partial charge in [0.25, 0.3) is 0 Å². The van der Waals surface area contributed by atoms with Gasteiger partial charge in [0.05, 0.1) is 24.4 Å². The first kappa shape index (κ1) is 13.6. The third-order valence-electron chi connectivity index (χ3n) is 3.99. The second-order valence-electron chi connectivity index (χ2n) is 5.49. The van der Waals surface area contributed by atoms with Gasteiger partial charge in [0.1, 0.15) is 0 Å². The maximum absolute atomic E-state index is 12.6. The monoisotopic (exact) mass is 282 g/mol. The van der Waals surface area contributed by atoms with Gasteiger partial charge < -0.3 is 10.1 Å². The van der Waals surface area contributed by atoms with Crippen molar-refractivity contribution in [2.75, 3.05) is 12.4 Å². The number of amides is 1. The number of ether oxygens (including phenoxy) is 1. The van der Waals surface area contributed by atoms with Crippen LogP contribution >= 0.6 is 0 Å². The maximum Gasteiger partial charge on any atom is 0.235 e. The topological polar surface area (TPSA) is 51.2 Å². The van der Waals surface area contributed by atoms with Crippen LogP contribution in [0.15, 0.2) is 42.6 Å². The lowest BCUT2D eigenvalue weighted by atomic mass is 9.94. The van der Waals surface area contributed by atoms with Crippen LogP contribution in [-0.2, 0) is 10.2 Å². The number of aryl methyl sites for hydroxylation is 1. The molecule has 0 atom stereocenters. The molecule has 1 aliphatic rings. The Kier molecular flexibility index (Phi) is 3.37. The highest BCUT2D eigenvalue weighted by Crippen LogP contribution is 2.49. The van der Waals surface area contributed by atoms with Gasteiger partial charge in [-0.2, -0.15) is 0 Å². The number of nitrogens with one attached hydrogen (secondary N) is 1. The van der Waals surface area contributed by atoms with E-state index < -0.39 is 0 Å². The largest absolute Gasteiger partial charge is 0.481 e. The van der Waals surface area contributed by atoms with Crippen molar-refractivity contribution < 1.29 is 9.53 Å². The Hall–Kier alpha value is -2.36. The molecule has 0 saturated heterocycles. The Morgan fingerprint density at radius 3 is 2.43 bits per heavy atom. The summed E-state index contributed by atoms with van der Waals surface area (Å²) < 4.78 is 5.01. The molecule has 0 unspecified atom stereocenters. The summed E-state index contributed by atoms with van der Waals surface area (Å²) in [6.07, 6.45) is 3.40. The van der Waals surface area contributed by atoms with Gasteiger partial charge in [-0.25, -0.2) is 4.98 Å². The number of hydrogen-bond acceptors (Lipinski definition) is 3. The minimum atomic E-state index is -0.367. The molecule has 1 saturated carbocycles. The summed E-state index contributed by atoms with van der Waals surface area (Å²) in [5.41, 5.74) is 2.62. The van der Waals surface area contributed by atoms with Gasteiger partial charge in [-0.3, -0.25) is 4.79 Å². The van der Waals surface area contributed by atoms with Crippen molar-refractivity contribution in [3.8, 4) is 5.88 Å². The lowest BCUT2D eigenvalue weighted by Crippen LogP contribution is -2.27. The van der Waals surface area contributed by atoms with Crippen LogP contribution in [0.2, 0.25) is 0 Å². The molecule has 0 radical (unpaired) electrons. The number of carbonyl (C=O) groups is 1. The third-order valence-corrected chi connectivity index (χ3v) is 3.99. The standard InChI is InChI=1S/C17H18N2O2/c1-12-3-5-13(6-4-12)17(9-10-17)16(20)19-14-7-8-15(21-2)18-11-14/h3-8,11H,9-10H2,1-2H3,(H,19,20). The van der Waals surface area contributed by atoms with E-state index in [1.807, 2.05) is 19.1 Å². The average molecular weight is 282 g/mol. The van der Waals surface area contributed by atoms with E-state index in [0.29, 0.717) is 11.6 Å². The Morgan fingerprint density at radius 1 is 1.19 bits per heavy atom. The number of carbonyl (C=O) groups excluding carboxylic acids is 1. The van der Waals surface area contributed by atoms with Crippen LogP contribution in [0.25, 0.3) is 0 Å². The number of nitrogens with zero attached hydrogens (tertiary/aromatic N) is 1. The Labute approximate surface area is 124 Å². The van der Waals surface area contributed by atoms with Crippen LogP contribution in [0.3, 0.4) is 0 Å². The smallest absolute Gasteiger partial charge is 0.235 e. The Balaban J connectivity index is 1.76. The number of rotatable bonds is 4. The molecule has 1 amide bonds. The molecular weight excluding hydrogens is 264 g/mol. The SMILES string of the molecule is COc1ccc(NC(=O)C2(c3ccc(C)cc3)CC2)cn1. The summed E-state index contributed by atoms with van der Waals surface area (Å²) in [6, 6.07) is 11.7. The highest BCUT2D eigenvalue weighted by molar-refractivity contribution is 6.01. The number of benzene rings is 1. The van der Waals surface area contributed by atoms with Crippen molar-refractivity contribution >= 4 is 11.6 Å². The van der Waals surface area contributed by atoms with E-state index in [2.05, 4.69) is 22.4 Å². The van der Waals surface area contributed by atoms with Gasteiger partial charge in [0.15, 0.2) is 0 Å². The van der Waals surface area contributed by atoms with E-state index in [0.717, 1.165) is 18.4 Å². The molecule has 1 aromatic heterocycles. The lowest BCUT2D eigenvalue weighted by molar-refractivity contribution is -0.118. The van der Waals surface area contributed by atoms with Gasteiger partial charge in [0.2, 0.25) is 11.8 Å². The molecule has 108 valence electrons. The molecule has 0 aliphatic heterocycles. The lowest BCUT2D eigenvalue weighted by Gasteiger charge is -2.16. The van der Waals surface area contributed by atoms with Crippen LogP contribution in [0, 0.1) is 6.92 Å². The zero-order valence-corrected chi connectivity index (χ0v) is 12.2. The van der Waals surface area contributed by atoms with Gasteiger partial charge >= 0.3 is 0 Å². The fourth-order valence-corrected chi connectivity index (χ4v) is 2.47. The van der Waals surface area contributed by atoms with Crippen LogP contribution < -0.4 is 10.1 Å². The second kappa shape index (κ2) is 5.20. The van der Waals surface area contributed by atoms with E-state index in [-0.39, 0.29) is 11.3 Å². The molecule has 2 aromatic rings. The van der Waals surface area contributed by atoms with Gasteiger partial charge in [-0.15, -0.1) is 0 Å². The summed E-state index contributed by atoms with van der Waals surface area (Å²) in [6.45, 7) is 2.05. The molecule has 0 spiro atoms. The minimum Gasteiger partial charge on any atom is -0.481 e. The van der Waals surface area contributed by atoms with E-state index in [1.54, 1.807) is 25.4 Å². The van der Waals surface area contributed by atoms with Gasteiger partial charge in [0, 0.05) is 6.07 Å². The van der Waals surface area contributed by atoms with Gasteiger partial charge in [-0.1, -0.05) is 29.8 Å². The van der Waals surface area contributed by atoms with Crippen LogP contribution in [0.5, 0.6) is 5.88 Å². The highest BCUT2D eigenvalue weighted by Gasteiger charge is 2.51. The van der Waals surface area contributed by atoms with Crippen molar-refractivity contribution in [2.45, 2.75) is 25.2 Å². The normalized spacial score (nSPS) is 15.3. The van der Waals surface area contributed by atoms with Crippen molar-refractivity contribution in [1.82, 2.24) is 4.98 Å². The molecule has 1 aromatic carbocycles. The van der Waals surface area contributed by atoms with E-state index in [9.17, 15) is 4.79 Å². The second-order valence-corrected chi connectivity index (χ2v) is 5.49. The van der Waals surface area contributed by atoms with Crippen molar-refractivity contribution in [3.05, 3.63) is 53.7 Å². The van der Waals surface area contributed by atoms with Crippen LogP contribution in [0.4, 0.5) is 5.69 Å². The third kappa shape index (κ3) is 2.61. The first-order valence-corrected chi connectivity index (χ1v) is 7.03. The highest BCUT2D eigenvalue weighted by atomic mass is 16.5. The summed E-state index contributed by atoms with van der Waals surface area (Å²) in [5.74, 6) is 0.575. The molecule has 1 N–H and O–H groups in total. The van der Waals surface area contributed by atoms with E-state index >= 15 is 0 Å². The number of pyridine rings is 1. The number of hydrogen-bond donors (Lipinski definition) is 1. The predicted molar refractivity (Wildman–Crippen MR) is 81.5 cm³/mol. The van der Waals surface area contributed by atoms with Gasteiger partial charge in [-0.05, 0) is 31.4 Å². The van der Waals surface area contributed by atoms with Crippen LogP contribution in [-0.4, -0.2) is 18.0 Å². The van der Waals surface area contributed by atoms with E-state index in [4.69, 9.17) is 4.74 Å². The molecule has 4 nitrogen and oxygen atoms in total. The predicted octanol–water partition coefficient (Wildman–Crippen LogP) is 3.07. The Bertz CT molecular complexity index is 643. The summed E-state index contributed by atoms with van der Waals surface area (Å²) in [7, 11) is 1.57. The fraction of sp³-hybridized carbons (Fsp3) is 0.294. The molecule has 4 heteroatoms. The summed E-state index contributed by atoms with van der Waals surface area (Å²) in [5, 5.41) is 2.95. The first-order valence-electron chi connectivity index (χ1n) is 7.03. The number of anilines is 1. The van der Waals surface area contributed by atoms with Crippen LogP contribution in [0.1, 0.15) is 24.0 Å². The fourth-order valence-electron chi connectivity index (χ4n) is 2.47. The average Bonchev–Trinajstić information content (AvgIpc) is 3.30. The van der Waals surface area contributed by atoms with Crippen molar-refractivity contribution in [2.24, 2.45) is 0 Å².